The molecule has 1 atom stereocenters. The lowest BCUT2D eigenvalue weighted by Crippen LogP contribution is -2.35. The van der Waals surface area contributed by atoms with Gasteiger partial charge in [-0.25, -0.2) is 4.79 Å². The number of carbonyl (C=O) groups is 1. The molecule has 0 aromatic heterocycles. The molecule has 0 aliphatic heterocycles. The Bertz CT molecular complexity index is 442. The Morgan fingerprint density at radius 1 is 1.09 bits per heavy atom. The largest absolute Gasteiger partial charge is 0.480 e. The summed E-state index contributed by atoms with van der Waals surface area (Å²) in [5, 5.41) is 12.3. The minimum absolute atomic E-state index is 0.498. The Labute approximate surface area is 140 Å². The fourth-order valence-electron chi connectivity index (χ4n) is 2.55. The Morgan fingerprint density at radius 3 is 2.39 bits per heavy atom. The highest BCUT2D eigenvalue weighted by molar-refractivity contribution is 5.74. The van der Waals surface area contributed by atoms with Crippen LogP contribution in [0.5, 0.6) is 0 Å². The van der Waals surface area contributed by atoms with E-state index in [1.807, 2.05) is 36.4 Å². The van der Waals surface area contributed by atoms with Gasteiger partial charge in [0, 0.05) is 6.42 Å². The Morgan fingerprint density at radius 2 is 1.74 bits per heavy atom. The molecule has 0 aliphatic rings. The first-order chi connectivity index (χ1) is 11.2. The van der Waals surface area contributed by atoms with Crippen molar-refractivity contribution in [2.75, 3.05) is 0 Å². The third-order valence-electron chi connectivity index (χ3n) is 3.97. The van der Waals surface area contributed by atoms with E-state index in [9.17, 15) is 9.90 Å². The van der Waals surface area contributed by atoms with E-state index in [0.717, 1.165) is 12.0 Å². The molecule has 2 N–H and O–H groups in total. The molecule has 0 saturated carbocycles. The van der Waals surface area contributed by atoms with Crippen LogP contribution >= 0.6 is 0 Å². The van der Waals surface area contributed by atoms with Crippen molar-refractivity contribution in [3.05, 3.63) is 48.2 Å². The quantitative estimate of drug-likeness (QED) is 0.507. The number of rotatable bonds is 13. The molecule has 0 saturated heterocycles. The molecule has 0 heterocycles. The standard InChI is InChI=1S/C20H31NO2/c1-2-3-4-5-6-7-8-9-13-16-21-19(20(22)23)17-18-14-11-10-12-15-18/h10-16,19,21H,2-9,17H2,1H3,(H,22,23)/t19-/m0/s1. The number of nitrogens with one attached hydrogen (secondary N) is 1. The zero-order valence-electron chi connectivity index (χ0n) is 14.3. The Kier molecular flexibility index (Phi) is 10.7. The van der Waals surface area contributed by atoms with E-state index in [1.54, 1.807) is 6.20 Å². The van der Waals surface area contributed by atoms with Crippen molar-refractivity contribution < 1.29 is 9.90 Å². The topological polar surface area (TPSA) is 49.3 Å². The van der Waals surface area contributed by atoms with Gasteiger partial charge in [0.05, 0.1) is 0 Å². The molecule has 0 aliphatic carbocycles. The van der Waals surface area contributed by atoms with Crippen molar-refractivity contribution in [1.29, 1.82) is 0 Å². The molecule has 1 aromatic carbocycles. The second-order valence-electron chi connectivity index (χ2n) is 6.06. The summed E-state index contributed by atoms with van der Waals surface area (Å²) in [7, 11) is 0. The summed E-state index contributed by atoms with van der Waals surface area (Å²) in [5.41, 5.74) is 1.04. The highest BCUT2D eigenvalue weighted by atomic mass is 16.4. The van der Waals surface area contributed by atoms with Gasteiger partial charge in [-0.2, -0.15) is 0 Å². The summed E-state index contributed by atoms with van der Waals surface area (Å²) >= 11 is 0. The monoisotopic (exact) mass is 317 g/mol. The molecule has 0 fully saturated rings. The van der Waals surface area contributed by atoms with E-state index >= 15 is 0 Å². The third-order valence-corrected chi connectivity index (χ3v) is 3.97. The van der Waals surface area contributed by atoms with Gasteiger partial charge in [-0.3, -0.25) is 0 Å². The van der Waals surface area contributed by atoms with Crippen molar-refractivity contribution >= 4 is 5.97 Å². The normalized spacial score (nSPS) is 12.4. The summed E-state index contributed by atoms with van der Waals surface area (Å²) < 4.78 is 0. The van der Waals surface area contributed by atoms with E-state index < -0.39 is 12.0 Å². The van der Waals surface area contributed by atoms with Crippen LogP contribution in [0.2, 0.25) is 0 Å². The summed E-state index contributed by atoms with van der Waals surface area (Å²) in [5.74, 6) is -0.811. The number of carboxylic acids is 1. The zero-order chi connectivity index (χ0) is 16.8. The average molecular weight is 317 g/mol. The minimum Gasteiger partial charge on any atom is -0.480 e. The highest BCUT2D eigenvalue weighted by Gasteiger charge is 2.15. The van der Waals surface area contributed by atoms with Crippen molar-refractivity contribution in [2.24, 2.45) is 0 Å². The van der Waals surface area contributed by atoms with Crippen molar-refractivity contribution in [3.63, 3.8) is 0 Å². The predicted molar refractivity (Wildman–Crippen MR) is 96.5 cm³/mol. The van der Waals surface area contributed by atoms with Crippen LogP contribution in [-0.4, -0.2) is 17.1 Å². The summed E-state index contributed by atoms with van der Waals surface area (Å²) in [4.78, 5) is 11.3. The molecular weight excluding hydrogens is 286 g/mol. The van der Waals surface area contributed by atoms with Gasteiger partial charge in [-0.05, 0) is 24.6 Å². The number of hydrogen-bond acceptors (Lipinski definition) is 2. The lowest BCUT2D eigenvalue weighted by molar-refractivity contribution is -0.139. The van der Waals surface area contributed by atoms with E-state index in [4.69, 9.17) is 0 Å². The van der Waals surface area contributed by atoms with Gasteiger partial charge in [0.15, 0.2) is 0 Å². The van der Waals surface area contributed by atoms with Crippen LogP contribution in [0.1, 0.15) is 63.9 Å². The lowest BCUT2D eigenvalue weighted by Gasteiger charge is -2.12. The second-order valence-corrected chi connectivity index (χ2v) is 6.06. The van der Waals surface area contributed by atoms with Gasteiger partial charge in [0.1, 0.15) is 6.04 Å². The maximum absolute atomic E-state index is 11.3. The lowest BCUT2D eigenvalue weighted by atomic mass is 10.1. The van der Waals surface area contributed by atoms with Crippen LogP contribution in [0.3, 0.4) is 0 Å². The molecule has 1 rings (SSSR count). The van der Waals surface area contributed by atoms with Crippen molar-refractivity contribution in [2.45, 2.75) is 70.8 Å². The summed E-state index contributed by atoms with van der Waals surface area (Å²) in [6, 6.07) is 9.16. The van der Waals surface area contributed by atoms with Crippen LogP contribution in [-0.2, 0) is 11.2 Å². The molecule has 0 bridgehead atoms. The maximum atomic E-state index is 11.3. The summed E-state index contributed by atoms with van der Waals surface area (Å²) in [6.45, 7) is 2.24. The number of unbranched alkanes of at least 4 members (excludes halogenated alkanes) is 7. The van der Waals surface area contributed by atoms with Crippen LogP contribution in [0.25, 0.3) is 0 Å². The van der Waals surface area contributed by atoms with E-state index in [2.05, 4.69) is 12.2 Å². The van der Waals surface area contributed by atoms with Crippen LogP contribution in [0.4, 0.5) is 0 Å². The first-order valence-corrected chi connectivity index (χ1v) is 8.91. The smallest absolute Gasteiger partial charge is 0.326 e. The molecule has 0 amide bonds. The molecule has 3 heteroatoms. The van der Waals surface area contributed by atoms with Gasteiger partial charge < -0.3 is 10.4 Å². The minimum atomic E-state index is -0.811. The third kappa shape index (κ3) is 9.77. The van der Waals surface area contributed by atoms with Crippen molar-refractivity contribution in [1.82, 2.24) is 5.32 Å². The van der Waals surface area contributed by atoms with Gasteiger partial charge in [0.25, 0.3) is 0 Å². The summed E-state index contributed by atoms with van der Waals surface area (Å²) in [6.07, 6.45) is 14.5. The van der Waals surface area contributed by atoms with Crippen molar-refractivity contribution in [3.8, 4) is 0 Å². The molecule has 3 nitrogen and oxygen atoms in total. The first-order valence-electron chi connectivity index (χ1n) is 8.91. The van der Waals surface area contributed by atoms with E-state index in [0.29, 0.717) is 6.42 Å². The molecule has 0 spiro atoms. The molecule has 128 valence electrons. The number of hydrogen-bond donors (Lipinski definition) is 2. The molecule has 23 heavy (non-hydrogen) atoms. The average Bonchev–Trinajstić information content (AvgIpc) is 2.56. The molecule has 0 unspecified atom stereocenters. The maximum Gasteiger partial charge on any atom is 0.326 e. The van der Waals surface area contributed by atoms with Crippen LogP contribution in [0.15, 0.2) is 42.6 Å². The zero-order valence-corrected chi connectivity index (χ0v) is 14.3. The second kappa shape index (κ2) is 12.7. The molecular formula is C20H31NO2. The van der Waals surface area contributed by atoms with Crippen LogP contribution in [0, 0.1) is 0 Å². The number of allylic oxidation sites excluding steroid dienone is 1. The number of carboxylic acid groups (broad SMARTS) is 1. The SMILES string of the molecule is CCCCCCCCCC=CN[C@@H](Cc1ccccc1)C(=O)O. The van der Waals surface area contributed by atoms with E-state index in [1.165, 1.54) is 44.9 Å². The van der Waals surface area contributed by atoms with Gasteiger partial charge >= 0.3 is 5.97 Å². The van der Waals surface area contributed by atoms with Gasteiger partial charge in [-0.15, -0.1) is 0 Å². The van der Waals surface area contributed by atoms with Crippen LogP contribution < -0.4 is 5.32 Å². The van der Waals surface area contributed by atoms with Gasteiger partial charge in [0.2, 0.25) is 0 Å². The number of benzene rings is 1. The molecule has 0 radical (unpaired) electrons. The fourth-order valence-corrected chi connectivity index (χ4v) is 2.55. The number of aliphatic carboxylic acids is 1. The Hall–Kier alpha value is -1.77. The Balaban J connectivity index is 2.16. The molecule has 1 aromatic rings. The van der Waals surface area contributed by atoms with Gasteiger partial charge in [-0.1, -0.05) is 81.9 Å². The first kappa shape index (κ1) is 19.3. The fraction of sp³-hybridized carbons (Fsp3) is 0.550. The highest BCUT2D eigenvalue weighted by Crippen LogP contribution is 2.08. The predicted octanol–water partition coefficient (Wildman–Crippen LogP) is 4.93. The van der Waals surface area contributed by atoms with E-state index in [-0.39, 0.29) is 0 Å².